The third-order valence-electron chi connectivity index (χ3n) is 2.72. The zero-order chi connectivity index (χ0) is 8.72. The fourth-order valence-corrected chi connectivity index (χ4v) is 2.22. The van der Waals surface area contributed by atoms with Gasteiger partial charge in [-0.2, -0.15) is 5.10 Å². The van der Waals surface area contributed by atoms with Crippen LogP contribution in [0.4, 0.5) is 4.79 Å². The number of amides is 1. The molecule has 2 bridgehead atoms. The second-order valence-corrected chi connectivity index (χ2v) is 3.26. The molecule has 2 atom stereocenters. The smallest absolute Gasteiger partial charge is 0.408 e. The van der Waals surface area contributed by atoms with Crippen LogP contribution < -0.4 is 5.84 Å². The number of hydrazone groups is 1. The summed E-state index contributed by atoms with van der Waals surface area (Å²) in [7, 11) is 0. The Morgan fingerprint density at radius 2 is 2.42 bits per heavy atom. The maximum Gasteiger partial charge on any atom is 0.408 e. The SMILES string of the molecule is N/N=C1/C[C@H]2CC[C@@H]1N2C(=O)O. The van der Waals surface area contributed by atoms with Gasteiger partial charge in [-0.15, -0.1) is 0 Å². The Bertz CT molecular complexity index is 251. The minimum atomic E-state index is -0.846. The average Bonchev–Trinajstić information content (AvgIpc) is 2.59. The lowest BCUT2D eigenvalue weighted by Crippen LogP contribution is -2.35. The highest BCUT2D eigenvalue weighted by molar-refractivity contribution is 5.96. The number of hydrogen-bond donors (Lipinski definition) is 2. The Kier molecular flexibility index (Phi) is 1.46. The molecule has 5 nitrogen and oxygen atoms in total. The minimum absolute atomic E-state index is 0.0301. The van der Waals surface area contributed by atoms with Crippen molar-refractivity contribution in [1.29, 1.82) is 0 Å². The molecule has 66 valence electrons. The molecule has 0 spiro atoms. The van der Waals surface area contributed by atoms with E-state index in [-0.39, 0.29) is 12.1 Å². The molecular formula is C7H11N3O2. The van der Waals surface area contributed by atoms with E-state index in [0.717, 1.165) is 25.0 Å². The van der Waals surface area contributed by atoms with Crippen LogP contribution in [-0.2, 0) is 0 Å². The maximum absolute atomic E-state index is 10.8. The van der Waals surface area contributed by atoms with E-state index in [2.05, 4.69) is 5.10 Å². The van der Waals surface area contributed by atoms with Gasteiger partial charge in [-0.25, -0.2) is 4.79 Å². The highest BCUT2D eigenvalue weighted by Gasteiger charge is 2.46. The third-order valence-corrected chi connectivity index (χ3v) is 2.72. The van der Waals surface area contributed by atoms with E-state index in [0.29, 0.717) is 0 Å². The summed E-state index contributed by atoms with van der Waals surface area (Å²) in [6.07, 6.45) is 1.72. The molecule has 3 N–H and O–H groups in total. The third kappa shape index (κ3) is 0.790. The summed E-state index contributed by atoms with van der Waals surface area (Å²) in [6, 6.07) is 0.104. The first-order chi connectivity index (χ1) is 5.74. The number of hydrogen-bond acceptors (Lipinski definition) is 3. The molecule has 2 aliphatic heterocycles. The van der Waals surface area contributed by atoms with Gasteiger partial charge in [0.25, 0.3) is 0 Å². The van der Waals surface area contributed by atoms with Crippen molar-refractivity contribution in [2.45, 2.75) is 31.3 Å². The van der Waals surface area contributed by atoms with E-state index in [1.165, 1.54) is 4.90 Å². The Balaban J connectivity index is 2.25. The fraction of sp³-hybridized carbons (Fsp3) is 0.714. The van der Waals surface area contributed by atoms with Gasteiger partial charge in [0.1, 0.15) is 0 Å². The van der Waals surface area contributed by atoms with Crippen molar-refractivity contribution in [3.05, 3.63) is 0 Å². The maximum atomic E-state index is 10.8. The number of rotatable bonds is 0. The number of carbonyl (C=O) groups is 1. The molecule has 0 saturated carbocycles. The molecule has 2 rings (SSSR count). The Morgan fingerprint density at radius 1 is 1.67 bits per heavy atom. The van der Waals surface area contributed by atoms with Crippen LogP contribution in [-0.4, -0.2) is 33.9 Å². The molecule has 0 aromatic heterocycles. The van der Waals surface area contributed by atoms with E-state index >= 15 is 0 Å². The molecular weight excluding hydrogens is 158 g/mol. The van der Waals surface area contributed by atoms with Gasteiger partial charge in [0.15, 0.2) is 0 Å². The highest BCUT2D eigenvalue weighted by Crippen LogP contribution is 2.35. The first kappa shape index (κ1) is 7.39. The van der Waals surface area contributed by atoms with E-state index in [1.54, 1.807) is 0 Å². The average molecular weight is 169 g/mol. The minimum Gasteiger partial charge on any atom is -0.465 e. The quantitative estimate of drug-likeness (QED) is 0.402. The molecule has 0 aliphatic carbocycles. The van der Waals surface area contributed by atoms with Crippen LogP contribution in [0.15, 0.2) is 5.10 Å². The Labute approximate surface area is 69.8 Å². The van der Waals surface area contributed by atoms with Crippen LogP contribution in [0.5, 0.6) is 0 Å². The summed E-state index contributed by atoms with van der Waals surface area (Å²) >= 11 is 0. The largest absolute Gasteiger partial charge is 0.465 e. The van der Waals surface area contributed by atoms with E-state index in [1.807, 2.05) is 0 Å². The molecule has 2 saturated heterocycles. The molecule has 2 aliphatic rings. The van der Waals surface area contributed by atoms with Crippen LogP contribution in [0.2, 0.25) is 0 Å². The van der Waals surface area contributed by atoms with Crippen LogP contribution in [0.1, 0.15) is 19.3 Å². The van der Waals surface area contributed by atoms with E-state index in [4.69, 9.17) is 10.9 Å². The van der Waals surface area contributed by atoms with E-state index < -0.39 is 6.09 Å². The lowest BCUT2D eigenvalue weighted by molar-refractivity contribution is 0.141. The number of nitrogens with two attached hydrogens (primary N) is 1. The van der Waals surface area contributed by atoms with Crippen LogP contribution in [0.3, 0.4) is 0 Å². The Morgan fingerprint density at radius 3 is 2.83 bits per heavy atom. The molecule has 5 heteroatoms. The molecule has 0 radical (unpaired) electrons. The molecule has 2 fully saturated rings. The van der Waals surface area contributed by atoms with Crippen molar-refractivity contribution < 1.29 is 9.90 Å². The lowest BCUT2D eigenvalue weighted by Gasteiger charge is -2.16. The highest BCUT2D eigenvalue weighted by atomic mass is 16.4. The van der Waals surface area contributed by atoms with Gasteiger partial charge in [0.05, 0.1) is 11.8 Å². The van der Waals surface area contributed by atoms with Crippen molar-refractivity contribution in [2.75, 3.05) is 0 Å². The number of nitrogens with zero attached hydrogens (tertiary/aromatic N) is 2. The summed E-state index contributed by atoms with van der Waals surface area (Å²) in [5, 5.41) is 12.5. The number of carboxylic acid groups (broad SMARTS) is 1. The van der Waals surface area contributed by atoms with Gasteiger partial charge < -0.3 is 10.9 Å². The van der Waals surface area contributed by atoms with Gasteiger partial charge in [0.2, 0.25) is 0 Å². The monoisotopic (exact) mass is 169 g/mol. The fourth-order valence-electron chi connectivity index (χ4n) is 2.22. The van der Waals surface area contributed by atoms with Gasteiger partial charge in [0, 0.05) is 12.5 Å². The second kappa shape index (κ2) is 2.36. The predicted molar refractivity (Wildman–Crippen MR) is 42.9 cm³/mol. The standard InChI is InChI=1S/C7H11N3O2/c8-9-5-3-4-1-2-6(5)10(4)7(11)12/h4,6H,1-3,8H2,(H,11,12)/b9-5-/t4-,6+/m1/s1. The van der Waals surface area contributed by atoms with Crippen molar-refractivity contribution in [1.82, 2.24) is 4.90 Å². The zero-order valence-electron chi connectivity index (χ0n) is 6.60. The topological polar surface area (TPSA) is 78.9 Å². The van der Waals surface area contributed by atoms with Crippen molar-refractivity contribution in [3.8, 4) is 0 Å². The summed E-state index contributed by atoms with van der Waals surface area (Å²) in [5.74, 6) is 5.15. The first-order valence-electron chi connectivity index (χ1n) is 4.02. The van der Waals surface area contributed by atoms with Crippen LogP contribution in [0, 0.1) is 0 Å². The van der Waals surface area contributed by atoms with Crippen molar-refractivity contribution in [3.63, 3.8) is 0 Å². The summed E-state index contributed by atoms with van der Waals surface area (Å²) < 4.78 is 0. The molecule has 0 aromatic carbocycles. The van der Waals surface area contributed by atoms with Gasteiger partial charge in [-0.1, -0.05) is 0 Å². The van der Waals surface area contributed by atoms with Crippen molar-refractivity contribution >= 4 is 11.8 Å². The van der Waals surface area contributed by atoms with E-state index in [9.17, 15) is 4.79 Å². The number of fused-ring (bicyclic) bond motifs is 2. The molecule has 0 unspecified atom stereocenters. The van der Waals surface area contributed by atoms with Crippen molar-refractivity contribution in [2.24, 2.45) is 10.9 Å². The first-order valence-corrected chi connectivity index (χ1v) is 4.02. The Hall–Kier alpha value is -1.26. The van der Waals surface area contributed by atoms with Crippen LogP contribution in [0.25, 0.3) is 0 Å². The van der Waals surface area contributed by atoms with Gasteiger partial charge >= 0.3 is 6.09 Å². The normalized spacial score (nSPS) is 36.3. The molecule has 12 heavy (non-hydrogen) atoms. The second-order valence-electron chi connectivity index (χ2n) is 3.26. The molecule has 2 heterocycles. The summed E-state index contributed by atoms with van der Waals surface area (Å²) in [6.45, 7) is 0. The lowest BCUT2D eigenvalue weighted by atomic mass is 9.99. The summed E-state index contributed by atoms with van der Waals surface area (Å²) in [4.78, 5) is 12.2. The predicted octanol–water partition coefficient (Wildman–Crippen LogP) is 0.216. The summed E-state index contributed by atoms with van der Waals surface area (Å²) in [5.41, 5.74) is 0.841. The molecule has 1 amide bonds. The van der Waals surface area contributed by atoms with Gasteiger partial charge in [-0.3, -0.25) is 4.90 Å². The van der Waals surface area contributed by atoms with Crippen LogP contribution >= 0.6 is 0 Å². The zero-order valence-corrected chi connectivity index (χ0v) is 6.60. The molecule has 0 aromatic rings. The van der Waals surface area contributed by atoms with Gasteiger partial charge in [-0.05, 0) is 12.8 Å².